The van der Waals surface area contributed by atoms with Crippen LogP contribution >= 0.6 is 0 Å². The standard InChI is InChI=1S/C12H22N4O3S/c1-9(2)12-14-11(15-19-12)7-16-6-4-5-10(16)8-20(17,18)13-3/h9-10,13H,4-8H2,1-3H3. The highest BCUT2D eigenvalue weighted by molar-refractivity contribution is 7.89. The average Bonchev–Trinajstić information content (AvgIpc) is 3.00. The van der Waals surface area contributed by atoms with Gasteiger partial charge < -0.3 is 4.52 Å². The van der Waals surface area contributed by atoms with E-state index in [4.69, 9.17) is 4.52 Å². The Bertz CT molecular complexity index is 541. The van der Waals surface area contributed by atoms with E-state index in [2.05, 4.69) is 19.8 Å². The number of rotatable bonds is 6. The average molecular weight is 302 g/mol. The van der Waals surface area contributed by atoms with Crippen molar-refractivity contribution < 1.29 is 12.9 Å². The van der Waals surface area contributed by atoms with Crippen LogP contribution in [0.4, 0.5) is 0 Å². The zero-order valence-corrected chi connectivity index (χ0v) is 13.0. The van der Waals surface area contributed by atoms with Crippen molar-refractivity contribution in [3.8, 4) is 0 Å². The number of sulfonamides is 1. The van der Waals surface area contributed by atoms with Crippen molar-refractivity contribution in [3.05, 3.63) is 11.7 Å². The first-order valence-electron chi connectivity index (χ1n) is 6.89. The number of nitrogens with one attached hydrogen (secondary N) is 1. The Morgan fingerprint density at radius 2 is 2.25 bits per heavy atom. The first-order chi connectivity index (χ1) is 9.41. The molecule has 0 aliphatic carbocycles. The van der Waals surface area contributed by atoms with Gasteiger partial charge in [0.05, 0.1) is 12.3 Å². The molecular weight excluding hydrogens is 280 g/mol. The lowest BCUT2D eigenvalue weighted by atomic mass is 10.2. The van der Waals surface area contributed by atoms with Crippen LogP contribution in [0.1, 0.15) is 44.3 Å². The summed E-state index contributed by atoms with van der Waals surface area (Å²) in [7, 11) is -1.75. The van der Waals surface area contributed by atoms with Crippen molar-refractivity contribution in [1.82, 2.24) is 19.8 Å². The Kier molecular flexibility index (Phi) is 4.77. The van der Waals surface area contributed by atoms with E-state index in [1.54, 1.807) is 0 Å². The van der Waals surface area contributed by atoms with E-state index in [0.717, 1.165) is 19.4 Å². The van der Waals surface area contributed by atoms with E-state index in [0.29, 0.717) is 18.3 Å². The Balaban J connectivity index is 2.00. The van der Waals surface area contributed by atoms with Gasteiger partial charge in [-0.2, -0.15) is 4.98 Å². The summed E-state index contributed by atoms with van der Waals surface area (Å²) in [6.45, 7) is 5.40. The number of likely N-dealkylation sites (tertiary alicyclic amines) is 1. The lowest BCUT2D eigenvalue weighted by Crippen LogP contribution is -2.38. The highest BCUT2D eigenvalue weighted by Crippen LogP contribution is 2.21. The van der Waals surface area contributed by atoms with Gasteiger partial charge in [-0.15, -0.1) is 0 Å². The highest BCUT2D eigenvalue weighted by atomic mass is 32.2. The van der Waals surface area contributed by atoms with Gasteiger partial charge in [0, 0.05) is 12.0 Å². The molecule has 1 aromatic heterocycles. The van der Waals surface area contributed by atoms with E-state index < -0.39 is 10.0 Å². The molecule has 8 heteroatoms. The molecule has 0 saturated carbocycles. The molecule has 2 heterocycles. The van der Waals surface area contributed by atoms with E-state index in [-0.39, 0.29) is 17.7 Å². The number of hydrogen-bond acceptors (Lipinski definition) is 6. The summed E-state index contributed by atoms with van der Waals surface area (Å²) >= 11 is 0. The summed E-state index contributed by atoms with van der Waals surface area (Å²) in [4.78, 5) is 6.45. The maximum absolute atomic E-state index is 11.7. The summed E-state index contributed by atoms with van der Waals surface area (Å²) in [5.74, 6) is 1.58. The normalized spacial score (nSPS) is 20.9. The second kappa shape index (κ2) is 6.19. The fourth-order valence-corrected chi connectivity index (χ4v) is 3.43. The van der Waals surface area contributed by atoms with Gasteiger partial charge >= 0.3 is 0 Å². The van der Waals surface area contributed by atoms with Crippen molar-refractivity contribution in [2.45, 2.75) is 45.2 Å². The molecule has 1 saturated heterocycles. The topological polar surface area (TPSA) is 88.3 Å². The summed E-state index contributed by atoms with van der Waals surface area (Å²) < 4.78 is 30.9. The fourth-order valence-electron chi connectivity index (χ4n) is 2.38. The fraction of sp³-hybridized carbons (Fsp3) is 0.833. The van der Waals surface area contributed by atoms with Gasteiger partial charge in [-0.05, 0) is 26.4 Å². The zero-order chi connectivity index (χ0) is 14.8. The van der Waals surface area contributed by atoms with Crippen LogP contribution in [0.25, 0.3) is 0 Å². The molecule has 0 radical (unpaired) electrons. The minimum atomic E-state index is -3.19. The molecule has 0 amide bonds. The first-order valence-corrected chi connectivity index (χ1v) is 8.54. The molecule has 0 aromatic carbocycles. The third-order valence-electron chi connectivity index (χ3n) is 3.54. The van der Waals surface area contributed by atoms with E-state index in [9.17, 15) is 8.42 Å². The summed E-state index contributed by atoms with van der Waals surface area (Å²) in [6.07, 6.45) is 1.88. The molecule has 20 heavy (non-hydrogen) atoms. The summed E-state index contributed by atoms with van der Waals surface area (Å²) in [5, 5.41) is 3.96. The lowest BCUT2D eigenvalue weighted by Gasteiger charge is -2.22. The third kappa shape index (κ3) is 3.77. The molecule has 1 aliphatic heterocycles. The summed E-state index contributed by atoms with van der Waals surface area (Å²) in [6, 6.07) is 0.0217. The van der Waals surface area contributed by atoms with Crippen molar-refractivity contribution in [3.63, 3.8) is 0 Å². The molecule has 1 unspecified atom stereocenters. The van der Waals surface area contributed by atoms with Crippen LogP contribution in [0.15, 0.2) is 4.52 Å². The van der Waals surface area contributed by atoms with Crippen molar-refractivity contribution >= 4 is 10.0 Å². The molecule has 2 rings (SSSR count). The monoisotopic (exact) mass is 302 g/mol. The SMILES string of the molecule is CNS(=O)(=O)CC1CCCN1Cc1noc(C(C)C)n1. The van der Waals surface area contributed by atoms with Gasteiger partial charge in [-0.25, -0.2) is 13.1 Å². The zero-order valence-electron chi connectivity index (χ0n) is 12.2. The molecule has 1 aromatic rings. The third-order valence-corrected chi connectivity index (χ3v) is 4.99. The molecule has 1 fully saturated rings. The molecule has 114 valence electrons. The predicted molar refractivity (Wildman–Crippen MR) is 74.7 cm³/mol. The second-order valence-corrected chi connectivity index (χ2v) is 7.43. The maximum Gasteiger partial charge on any atom is 0.229 e. The molecule has 1 aliphatic rings. The Morgan fingerprint density at radius 3 is 2.85 bits per heavy atom. The minimum absolute atomic E-state index is 0.0217. The van der Waals surface area contributed by atoms with Crippen LogP contribution in [-0.4, -0.2) is 48.8 Å². The van der Waals surface area contributed by atoms with Gasteiger partial charge in [-0.3, -0.25) is 4.90 Å². The number of nitrogens with zero attached hydrogens (tertiary/aromatic N) is 3. The molecular formula is C12H22N4O3S. The lowest BCUT2D eigenvalue weighted by molar-refractivity contribution is 0.250. The van der Waals surface area contributed by atoms with Gasteiger partial charge in [0.25, 0.3) is 0 Å². The second-order valence-electron chi connectivity index (χ2n) is 5.46. The van der Waals surface area contributed by atoms with E-state index in [1.807, 2.05) is 13.8 Å². The summed E-state index contributed by atoms with van der Waals surface area (Å²) in [5.41, 5.74) is 0. The van der Waals surface area contributed by atoms with Gasteiger partial charge in [0.15, 0.2) is 5.82 Å². The van der Waals surface area contributed by atoms with Crippen LogP contribution in [0.3, 0.4) is 0 Å². The van der Waals surface area contributed by atoms with Crippen molar-refractivity contribution in [2.24, 2.45) is 0 Å². The van der Waals surface area contributed by atoms with E-state index in [1.165, 1.54) is 7.05 Å². The predicted octanol–water partition coefficient (Wildman–Crippen LogP) is 0.707. The van der Waals surface area contributed by atoms with E-state index >= 15 is 0 Å². The quantitative estimate of drug-likeness (QED) is 0.832. The number of hydrogen-bond donors (Lipinski definition) is 1. The Morgan fingerprint density at radius 1 is 1.50 bits per heavy atom. The van der Waals surface area contributed by atoms with Crippen LogP contribution in [0.5, 0.6) is 0 Å². The van der Waals surface area contributed by atoms with Crippen LogP contribution in [-0.2, 0) is 16.6 Å². The van der Waals surface area contributed by atoms with Crippen LogP contribution in [0, 0.1) is 0 Å². The van der Waals surface area contributed by atoms with Crippen molar-refractivity contribution in [1.29, 1.82) is 0 Å². The molecule has 0 bridgehead atoms. The van der Waals surface area contributed by atoms with Gasteiger partial charge in [0.2, 0.25) is 15.9 Å². The largest absolute Gasteiger partial charge is 0.339 e. The Hall–Kier alpha value is -0.990. The highest BCUT2D eigenvalue weighted by Gasteiger charge is 2.29. The molecule has 1 atom stereocenters. The van der Waals surface area contributed by atoms with Gasteiger partial charge in [-0.1, -0.05) is 19.0 Å². The number of aromatic nitrogens is 2. The van der Waals surface area contributed by atoms with Crippen molar-refractivity contribution in [2.75, 3.05) is 19.3 Å². The first kappa shape index (κ1) is 15.4. The van der Waals surface area contributed by atoms with Gasteiger partial charge in [0.1, 0.15) is 0 Å². The van der Waals surface area contributed by atoms with Crippen LogP contribution in [0.2, 0.25) is 0 Å². The molecule has 0 spiro atoms. The van der Waals surface area contributed by atoms with Crippen LogP contribution < -0.4 is 4.72 Å². The maximum atomic E-state index is 11.7. The smallest absolute Gasteiger partial charge is 0.229 e. The molecule has 7 nitrogen and oxygen atoms in total. The minimum Gasteiger partial charge on any atom is -0.339 e. The Labute approximate surface area is 119 Å². The molecule has 1 N–H and O–H groups in total.